The summed E-state index contributed by atoms with van der Waals surface area (Å²) in [4.78, 5) is 77.7. The summed E-state index contributed by atoms with van der Waals surface area (Å²) < 4.78 is 66.1. The van der Waals surface area contributed by atoms with Crippen LogP contribution in [0.25, 0.3) is 21.6 Å². The number of carbonyl (C=O) groups excluding carboxylic acids is 5. The highest BCUT2D eigenvalue weighted by Crippen LogP contribution is 2.45. The van der Waals surface area contributed by atoms with Gasteiger partial charge in [-0.2, -0.15) is 18.3 Å². The minimum absolute atomic E-state index is 0. The van der Waals surface area contributed by atoms with Gasteiger partial charge in [-0.25, -0.2) is 4.98 Å². The number of hydrogen-bond donors (Lipinski definition) is 4. The number of Topliss-reactive ketones (excluding diaryl/α,β-unsaturated/α-hetero) is 1. The maximum absolute atomic E-state index is 14.4. The molecule has 4 N–H and O–H groups in total. The molecule has 454 valence electrons. The fourth-order valence-electron chi connectivity index (χ4n) is 11.1. The molecule has 6 heterocycles. The van der Waals surface area contributed by atoms with Crippen molar-refractivity contribution in [1.29, 1.82) is 5.41 Å². The first kappa shape index (κ1) is 62.5. The van der Waals surface area contributed by atoms with Crippen molar-refractivity contribution in [2.75, 3.05) is 32.9 Å². The monoisotopic (exact) mass is 1240 g/mol. The molecule has 3 aliphatic heterocycles. The Morgan fingerprint density at radius 3 is 2.45 bits per heavy atom. The summed E-state index contributed by atoms with van der Waals surface area (Å²) in [5, 5.41) is 29.1. The first-order chi connectivity index (χ1) is 40.7. The number of ether oxygens (including phenoxy) is 3. The number of halogens is 5. The van der Waals surface area contributed by atoms with Gasteiger partial charge >= 0.3 is 6.18 Å². The van der Waals surface area contributed by atoms with Crippen molar-refractivity contribution in [2.24, 2.45) is 18.9 Å². The third-order valence-corrected chi connectivity index (χ3v) is 16.8. The zero-order valence-corrected chi connectivity index (χ0v) is 50.2. The molecule has 4 atom stereocenters. The SMILES string of the molecule is CCn1cc(-c2cc(Cn3ccn(C)c3=N)cc3c2OCC(Cc2ccc(Cl)c(OCC(=O)NCCCOc4cc(-c5scnc5C)ccc4CNC(=O)[C@@H]4C[C@@H](O)CN4C(=O)[C@H](C(C)C)N4Cc5ccccc5C4=O)c2)C3=O)c(C(F)(F)F)n1.Cl. The minimum Gasteiger partial charge on any atom is -0.493 e. The Balaban J connectivity index is 0.00000884. The van der Waals surface area contributed by atoms with Gasteiger partial charge < -0.3 is 48.9 Å². The van der Waals surface area contributed by atoms with E-state index in [1.807, 2.05) is 51.1 Å². The number of aliphatic hydroxyl groups is 1. The highest BCUT2D eigenvalue weighted by molar-refractivity contribution is 7.13. The number of β-amino-alcohol motifs (C(OH)–C–C–N with tert-alkyl or cyclic N) is 1. The van der Waals surface area contributed by atoms with Gasteiger partial charge in [0.1, 0.15) is 29.3 Å². The molecule has 0 spiro atoms. The topological polar surface area (TPSA) is 228 Å². The van der Waals surface area contributed by atoms with Crippen LogP contribution >= 0.6 is 35.3 Å². The lowest BCUT2D eigenvalue weighted by Crippen LogP contribution is -2.55. The molecule has 7 aromatic rings. The lowest BCUT2D eigenvalue weighted by atomic mass is 9.86. The van der Waals surface area contributed by atoms with Crippen molar-refractivity contribution in [2.45, 2.75) is 97.5 Å². The Hall–Kier alpha value is -7.99. The van der Waals surface area contributed by atoms with Gasteiger partial charge in [-0.3, -0.25) is 34.1 Å². The Morgan fingerprint density at radius 1 is 0.965 bits per heavy atom. The number of aryl methyl sites for hydroxylation is 3. The number of carbonyl (C=O) groups is 5. The number of amides is 4. The summed E-state index contributed by atoms with van der Waals surface area (Å²) in [7, 11) is 1.70. The molecule has 1 unspecified atom stereocenters. The van der Waals surface area contributed by atoms with E-state index in [0.717, 1.165) is 21.7 Å². The molecule has 25 heteroatoms. The van der Waals surface area contributed by atoms with Crippen LogP contribution in [0.5, 0.6) is 17.2 Å². The average Bonchev–Trinajstić information content (AvgIpc) is 1.65. The standard InChI is InChI=1S/C61H64ClF3N10O9S.ClH/c1-6-73-30-46(56(70-73)61(63,64)65)44-21-37(27-72-18-17-71(5)60(72)66)22-45-53(78)41(31-84-54(44)45)20-36-12-15-47(62)50(23-36)83-32-51(77)67-16-9-19-82-49-24-38(55-35(4)69-33-85-55)13-14-39(49)26-68-57(79)48-25-42(76)29-74(48)59(81)52(34(2)3)75-28-40-10-7-8-11-43(40)58(75)80;/h7-8,10-15,17-18,21-24,30,33-34,41-42,48,52,66,76H,6,9,16,19-20,25-29,31-32H2,1-5H3,(H,67,77)(H,68,79);1H/t41?,42-,48+,52+;/m1./s1. The summed E-state index contributed by atoms with van der Waals surface area (Å²) in [6, 6.07) is 19.1. The zero-order valence-electron chi connectivity index (χ0n) is 47.8. The maximum Gasteiger partial charge on any atom is 0.435 e. The first-order valence-electron chi connectivity index (χ1n) is 27.9. The van der Waals surface area contributed by atoms with E-state index < -0.39 is 60.3 Å². The van der Waals surface area contributed by atoms with Gasteiger partial charge in [-0.05, 0) is 91.3 Å². The second kappa shape index (κ2) is 26.3. The molecule has 3 aliphatic rings. The smallest absolute Gasteiger partial charge is 0.435 e. The van der Waals surface area contributed by atoms with Crippen LogP contribution in [-0.4, -0.2) is 119 Å². The van der Waals surface area contributed by atoms with E-state index in [4.69, 9.17) is 31.2 Å². The number of ketones is 1. The third kappa shape index (κ3) is 13.3. The highest BCUT2D eigenvalue weighted by atomic mass is 35.5. The second-order valence-electron chi connectivity index (χ2n) is 21.8. The molecule has 1 saturated heterocycles. The van der Waals surface area contributed by atoms with Gasteiger partial charge in [-0.1, -0.05) is 61.8 Å². The number of thiazole rings is 1. The fraction of sp³-hybridized carbons (Fsp3) is 0.377. The average molecular weight is 1240 g/mol. The Morgan fingerprint density at radius 2 is 1.74 bits per heavy atom. The number of nitrogens with one attached hydrogen (secondary N) is 3. The lowest BCUT2D eigenvalue weighted by Gasteiger charge is -2.35. The second-order valence-corrected chi connectivity index (χ2v) is 23.1. The molecule has 4 amide bonds. The number of aromatic nitrogens is 5. The number of likely N-dealkylation sites (tertiary alicyclic amines) is 1. The number of fused-ring (bicyclic) bond motifs is 2. The molecule has 3 aromatic heterocycles. The van der Waals surface area contributed by atoms with E-state index in [2.05, 4.69) is 20.7 Å². The largest absolute Gasteiger partial charge is 0.493 e. The van der Waals surface area contributed by atoms with Gasteiger partial charge in [0.2, 0.25) is 17.4 Å². The van der Waals surface area contributed by atoms with Crippen LogP contribution in [0.2, 0.25) is 5.02 Å². The zero-order chi connectivity index (χ0) is 60.4. The summed E-state index contributed by atoms with van der Waals surface area (Å²) in [6.45, 7) is 7.63. The van der Waals surface area contributed by atoms with E-state index in [-0.39, 0.29) is 134 Å². The van der Waals surface area contributed by atoms with Crippen LogP contribution in [0.1, 0.15) is 88.0 Å². The van der Waals surface area contributed by atoms with Crippen LogP contribution in [-0.2, 0) is 60.2 Å². The van der Waals surface area contributed by atoms with Crippen LogP contribution in [0.4, 0.5) is 13.2 Å². The molecule has 0 bridgehead atoms. The normalized spacial score (nSPS) is 16.8. The summed E-state index contributed by atoms with van der Waals surface area (Å²) in [5.74, 6) is -2.26. The number of benzene rings is 4. The van der Waals surface area contributed by atoms with Crippen molar-refractivity contribution >= 4 is 64.8 Å². The van der Waals surface area contributed by atoms with Gasteiger partial charge in [-0.15, -0.1) is 23.7 Å². The summed E-state index contributed by atoms with van der Waals surface area (Å²) in [5.41, 5.74) is 5.52. The summed E-state index contributed by atoms with van der Waals surface area (Å²) >= 11 is 8.01. The van der Waals surface area contributed by atoms with E-state index in [9.17, 15) is 42.3 Å². The molecule has 0 aliphatic carbocycles. The quantitative estimate of drug-likeness (QED) is 0.0499. The highest BCUT2D eigenvalue weighted by Gasteiger charge is 2.46. The van der Waals surface area contributed by atoms with E-state index in [0.29, 0.717) is 34.4 Å². The van der Waals surface area contributed by atoms with E-state index in [1.54, 1.807) is 88.4 Å². The number of hydrogen-bond acceptors (Lipinski definition) is 13. The molecule has 86 heavy (non-hydrogen) atoms. The van der Waals surface area contributed by atoms with Gasteiger partial charge in [0.05, 0.1) is 58.4 Å². The minimum atomic E-state index is -4.80. The van der Waals surface area contributed by atoms with Crippen molar-refractivity contribution < 1.29 is 56.5 Å². The van der Waals surface area contributed by atoms with Crippen molar-refractivity contribution in [3.05, 3.63) is 152 Å². The Kier molecular flexibility index (Phi) is 19.1. The third-order valence-electron chi connectivity index (χ3n) is 15.5. The predicted octanol–water partition coefficient (Wildman–Crippen LogP) is 8.42. The molecular weight excluding hydrogens is 1180 g/mol. The van der Waals surface area contributed by atoms with Crippen molar-refractivity contribution in [3.8, 4) is 38.8 Å². The molecule has 0 radical (unpaired) electrons. The van der Waals surface area contributed by atoms with Gasteiger partial charge in [0.15, 0.2) is 18.1 Å². The molecule has 4 aromatic carbocycles. The molecule has 0 saturated carbocycles. The lowest BCUT2D eigenvalue weighted by molar-refractivity contribution is -0.143. The maximum atomic E-state index is 14.4. The predicted molar refractivity (Wildman–Crippen MR) is 316 cm³/mol. The first-order valence-corrected chi connectivity index (χ1v) is 29.2. The van der Waals surface area contributed by atoms with Crippen LogP contribution < -0.4 is 30.5 Å². The Labute approximate surface area is 508 Å². The summed E-state index contributed by atoms with van der Waals surface area (Å²) in [6.07, 6.45) is -0.545. The molecule has 1 fully saturated rings. The molecule has 10 rings (SSSR count). The fourth-order valence-corrected chi connectivity index (χ4v) is 12.1. The molecule has 19 nitrogen and oxygen atoms in total. The van der Waals surface area contributed by atoms with Crippen molar-refractivity contribution in [1.82, 2.24) is 44.3 Å². The number of alkyl halides is 3. The number of nitrogens with zero attached hydrogens (tertiary/aromatic N) is 7. The van der Waals surface area contributed by atoms with Crippen LogP contribution in [0, 0.1) is 24.2 Å². The Bertz CT molecular complexity index is 3770. The van der Waals surface area contributed by atoms with Crippen LogP contribution in [0.15, 0.2) is 96.9 Å². The van der Waals surface area contributed by atoms with Crippen molar-refractivity contribution in [3.63, 3.8) is 0 Å². The van der Waals surface area contributed by atoms with Crippen LogP contribution in [0.3, 0.4) is 0 Å². The van der Waals surface area contributed by atoms with Gasteiger partial charge in [0, 0.05) is 87.0 Å². The molecular formula is C61H65Cl2F3N10O9S. The number of rotatable bonds is 21. The number of aliphatic hydroxyl groups excluding tert-OH is 1. The van der Waals surface area contributed by atoms with Gasteiger partial charge in [0.25, 0.3) is 11.8 Å². The van der Waals surface area contributed by atoms with E-state index >= 15 is 0 Å². The van der Waals surface area contributed by atoms with E-state index in [1.165, 1.54) is 27.1 Å². The number of imidazole rings is 1.